The second-order valence-electron chi connectivity index (χ2n) is 10.2. The Balaban J connectivity index is 1.28. The lowest BCUT2D eigenvalue weighted by Crippen LogP contribution is -2.28. The van der Waals surface area contributed by atoms with Crippen molar-refractivity contribution in [1.29, 1.82) is 0 Å². The number of anilines is 1. The van der Waals surface area contributed by atoms with Gasteiger partial charge in [-0.1, -0.05) is 30.0 Å². The maximum absolute atomic E-state index is 12.7. The molecule has 0 fully saturated rings. The van der Waals surface area contributed by atoms with Gasteiger partial charge in [-0.25, -0.2) is 0 Å². The van der Waals surface area contributed by atoms with Gasteiger partial charge in [0.05, 0.1) is 40.7 Å². The highest BCUT2D eigenvalue weighted by molar-refractivity contribution is 8.00. The summed E-state index contributed by atoms with van der Waals surface area (Å²) in [6.45, 7) is 4.16. The Kier molecular flexibility index (Phi) is 11.3. The number of methoxy groups -OCH3 is 4. The standard InChI is InChI=1S/C33H42N2O6S/c1-23(36)35-27-13-7-8-14-30(27)42-33(35)26-22-25(37-3)16-18-28(26)41-21-10-9-19-34(2)20-11-12-24-15-17-29(38-4)32(40-6)31(24)39-5/h7-8,13-18,22,33H,9-12,19-21H2,1-6H3. The molecule has 1 amide bonds. The summed E-state index contributed by atoms with van der Waals surface area (Å²) in [6, 6.07) is 17.8. The lowest BCUT2D eigenvalue weighted by atomic mass is 10.1. The number of para-hydroxylation sites is 1. The molecule has 0 spiro atoms. The number of amides is 1. The molecule has 1 atom stereocenters. The minimum atomic E-state index is -0.208. The van der Waals surface area contributed by atoms with Crippen LogP contribution in [0.1, 0.15) is 42.7 Å². The van der Waals surface area contributed by atoms with Crippen LogP contribution in [-0.2, 0) is 11.2 Å². The molecule has 0 saturated carbocycles. The maximum atomic E-state index is 12.7. The van der Waals surface area contributed by atoms with Gasteiger partial charge < -0.3 is 28.6 Å². The lowest BCUT2D eigenvalue weighted by Gasteiger charge is -2.25. The number of aryl methyl sites for hydroxylation is 1. The summed E-state index contributed by atoms with van der Waals surface area (Å²) in [5.41, 5.74) is 2.98. The second kappa shape index (κ2) is 15.1. The van der Waals surface area contributed by atoms with E-state index >= 15 is 0 Å². The molecule has 8 nitrogen and oxygen atoms in total. The van der Waals surface area contributed by atoms with Crippen LogP contribution in [0.4, 0.5) is 5.69 Å². The molecule has 1 aliphatic heterocycles. The first kappa shape index (κ1) is 31.4. The van der Waals surface area contributed by atoms with Crippen molar-refractivity contribution < 1.29 is 28.5 Å². The van der Waals surface area contributed by atoms with Gasteiger partial charge >= 0.3 is 0 Å². The first-order chi connectivity index (χ1) is 20.4. The van der Waals surface area contributed by atoms with Gasteiger partial charge in [0.25, 0.3) is 0 Å². The summed E-state index contributed by atoms with van der Waals surface area (Å²) in [6.07, 6.45) is 3.83. The lowest BCUT2D eigenvalue weighted by molar-refractivity contribution is -0.116. The number of hydrogen-bond donors (Lipinski definition) is 0. The van der Waals surface area contributed by atoms with E-state index in [-0.39, 0.29) is 11.3 Å². The Morgan fingerprint density at radius 1 is 0.857 bits per heavy atom. The van der Waals surface area contributed by atoms with E-state index in [0.717, 1.165) is 77.7 Å². The SMILES string of the molecule is COc1ccc(OCCCCN(C)CCCc2ccc(OC)c(OC)c2OC)c(C2Sc3ccccc3N2C(C)=O)c1. The van der Waals surface area contributed by atoms with Crippen LogP contribution in [0, 0.1) is 0 Å². The van der Waals surface area contributed by atoms with Crippen LogP contribution in [0.3, 0.4) is 0 Å². The minimum Gasteiger partial charge on any atom is -0.497 e. The second-order valence-corrected chi connectivity index (χ2v) is 11.3. The van der Waals surface area contributed by atoms with Gasteiger partial charge in [0.1, 0.15) is 16.9 Å². The summed E-state index contributed by atoms with van der Waals surface area (Å²) < 4.78 is 28.3. The van der Waals surface area contributed by atoms with E-state index in [1.54, 1.807) is 47.1 Å². The van der Waals surface area contributed by atoms with Crippen LogP contribution in [0.15, 0.2) is 59.5 Å². The Morgan fingerprint density at radius 2 is 1.60 bits per heavy atom. The number of fused-ring (bicyclic) bond motifs is 1. The molecule has 0 aliphatic carbocycles. The molecule has 42 heavy (non-hydrogen) atoms. The molecule has 226 valence electrons. The Hall–Kier alpha value is -3.56. The fraction of sp³-hybridized carbons (Fsp3) is 0.424. The van der Waals surface area contributed by atoms with Crippen molar-refractivity contribution in [3.63, 3.8) is 0 Å². The summed E-state index contributed by atoms with van der Waals surface area (Å²) in [5.74, 6) is 3.56. The predicted molar refractivity (Wildman–Crippen MR) is 168 cm³/mol. The summed E-state index contributed by atoms with van der Waals surface area (Å²) in [5, 5.41) is -0.208. The zero-order chi connectivity index (χ0) is 30.1. The molecule has 4 rings (SSSR count). The van der Waals surface area contributed by atoms with Crippen LogP contribution in [0.25, 0.3) is 0 Å². The monoisotopic (exact) mass is 594 g/mol. The van der Waals surface area contributed by atoms with E-state index in [1.807, 2.05) is 53.4 Å². The van der Waals surface area contributed by atoms with Crippen molar-refractivity contribution in [1.82, 2.24) is 4.90 Å². The van der Waals surface area contributed by atoms with E-state index in [4.69, 9.17) is 23.7 Å². The third kappa shape index (κ3) is 7.25. The molecule has 1 unspecified atom stereocenters. The normalized spacial score (nSPS) is 14.1. The van der Waals surface area contributed by atoms with Gasteiger partial charge in [-0.2, -0.15) is 0 Å². The number of carbonyl (C=O) groups is 1. The average molecular weight is 595 g/mol. The van der Waals surface area contributed by atoms with Crippen LogP contribution >= 0.6 is 11.8 Å². The third-order valence-corrected chi connectivity index (χ3v) is 8.67. The number of hydrogen-bond acceptors (Lipinski definition) is 8. The highest BCUT2D eigenvalue weighted by Crippen LogP contribution is 2.53. The zero-order valence-electron chi connectivity index (χ0n) is 25.5. The van der Waals surface area contributed by atoms with E-state index in [1.165, 1.54) is 0 Å². The number of thioether (sulfide) groups is 1. The number of rotatable bonds is 15. The molecule has 1 aliphatic rings. The van der Waals surface area contributed by atoms with Gasteiger partial charge in [-0.15, -0.1) is 0 Å². The van der Waals surface area contributed by atoms with E-state index < -0.39 is 0 Å². The van der Waals surface area contributed by atoms with Crippen molar-refractivity contribution in [2.24, 2.45) is 0 Å². The average Bonchev–Trinajstić information content (AvgIpc) is 3.40. The predicted octanol–water partition coefficient (Wildman–Crippen LogP) is 6.60. The van der Waals surface area contributed by atoms with Gasteiger partial charge in [0.15, 0.2) is 11.5 Å². The summed E-state index contributed by atoms with van der Waals surface area (Å²) >= 11 is 1.66. The minimum absolute atomic E-state index is 0.00108. The Labute approximate surface area is 253 Å². The zero-order valence-corrected chi connectivity index (χ0v) is 26.3. The molecular formula is C33H42N2O6S. The first-order valence-electron chi connectivity index (χ1n) is 14.2. The van der Waals surface area contributed by atoms with E-state index in [2.05, 4.69) is 18.0 Å². The topological polar surface area (TPSA) is 69.7 Å². The molecular weight excluding hydrogens is 552 g/mol. The van der Waals surface area contributed by atoms with Gasteiger partial charge in [-0.3, -0.25) is 9.69 Å². The third-order valence-electron chi connectivity index (χ3n) is 7.38. The number of nitrogens with zero attached hydrogens (tertiary/aromatic N) is 2. The Bertz CT molecular complexity index is 1350. The maximum Gasteiger partial charge on any atom is 0.225 e. The van der Waals surface area contributed by atoms with Crippen LogP contribution in [-0.4, -0.2) is 66.0 Å². The van der Waals surface area contributed by atoms with Crippen LogP contribution < -0.4 is 28.6 Å². The number of carbonyl (C=O) groups excluding carboxylic acids is 1. The summed E-state index contributed by atoms with van der Waals surface area (Å²) in [7, 11) is 8.72. The number of unbranched alkanes of at least 4 members (excludes halogenated alkanes) is 1. The Morgan fingerprint density at radius 3 is 2.31 bits per heavy atom. The first-order valence-corrected chi connectivity index (χ1v) is 15.1. The molecule has 3 aromatic rings. The fourth-order valence-corrected chi connectivity index (χ4v) is 6.61. The van der Waals surface area contributed by atoms with Gasteiger partial charge in [0.2, 0.25) is 11.7 Å². The molecule has 0 N–H and O–H groups in total. The molecule has 1 heterocycles. The quantitative estimate of drug-likeness (QED) is 0.182. The number of ether oxygens (including phenoxy) is 5. The molecule has 3 aromatic carbocycles. The molecule has 9 heteroatoms. The smallest absolute Gasteiger partial charge is 0.225 e. The molecule has 0 radical (unpaired) electrons. The van der Waals surface area contributed by atoms with Crippen LogP contribution in [0.2, 0.25) is 0 Å². The van der Waals surface area contributed by atoms with Crippen molar-refractivity contribution in [2.75, 3.05) is 60.1 Å². The van der Waals surface area contributed by atoms with Gasteiger partial charge in [-0.05, 0) is 87.8 Å². The summed E-state index contributed by atoms with van der Waals surface area (Å²) in [4.78, 5) is 18.0. The number of benzene rings is 3. The van der Waals surface area contributed by atoms with E-state index in [0.29, 0.717) is 18.1 Å². The molecule has 0 aromatic heterocycles. The fourth-order valence-electron chi connectivity index (χ4n) is 5.25. The van der Waals surface area contributed by atoms with Crippen molar-refractivity contribution >= 4 is 23.4 Å². The molecule has 0 bridgehead atoms. The molecule has 0 saturated heterocycles. The van der Waals surface area contributed by atoms with Gasteiger partial charge in [0, 0.05) is 17.4 Å². The highest BCUT2D eigenvalue weighted by Gasteiger charge is 2.35. The van der Waals surface area contributed by atoms with Crippen molar-refractivity contribution in [3.8, 4) is 28.7 Å². The highest BCUT2D eigenvalue weighted by atomic mass is 32.2. The van der Waals surface area contributed by atoms with Crippen molar-refractivity contribution in [2.45, 2.75) is 42.9 Å². The van der Waals surface area contributed by atoms with Crippen molar-refractivity contribution in [3.05, 3.63) is 65.7 Å². The largest absolute Gasteiger partial charge is 0.497 e. The van der Waals surface area contributed by atoms with E-state index in [9.17, 15) is 4.79 Å². The van der Waals surface area contributed by atoms with Crippen LogP contribution in [0.5, 0.6) is 28.7 Å².